The molecule has 3 atom stereocenters. The molecular formula is C18H26N2O2. The van der Waals surface area contributed by atoms with Crippen LogP contribution in [-0.2, 0) is 0 Å². The highest BCUT2D eigenvalue weighted by molar-refractivity contribution is 5.85. The number of aromatic nitrogens is 1. The van der Waals surface area contributed by atoms with Crippen molar-refractivity contribution in [1.29, 1.82) is 0 Å². The molecule has 0 amide bonds. The van der Waals surface area contributed by atoms with Gasteiger partial charge in [-0.15, -0.1) is 0 Å². The maximum Gasteiger partial charge on any atom is 0.119 e. The molecule has 2 heterocycles. The number of piperidine rings is 1. The molecule has 1 saturated heterocycles. The van der Waals surface area contributed by atoms with Crippen molar-refractivity contribution in [3.8, 4) is 5.75 Å². The minimum Gasteiger partial charge on any atom is -0.497 e. The second-order valence-corrected chi connectivity index (χ2v) is 6.84. The Morgan fingerprint density at radius 1 is 1.32 bits per heavy atom. The summed E-state index contributed by atoms with van der Waals surface area (Å²) in [5.74, 6) is 2.23. The number of β-amino-alcohol motifs (C(OH)–C–C–N with tert-alkyl or cyclic N) is 1. The van der Waals surface area contributed by atoms with Crippen molar-refractivity contribution in [3.05, 3.63) is 30.0 Å². The summed E-state index contributed by atoms with van der Waals surface area (Å²) in [7, 11) is 1.67. The molecule has 1 aromatic carbocycles. The Balaban J connectivity index is 1.78. The summed E-state index contributed by atoms with van der Waals surface area (Å²) in [6.07, 6.45) is 2.74. The summed E-state index contributed by atoms with van der Waals surface area (Å²) in [4.78, 5) is 5.63. The minimum atomic E-state index is -0.474. The fourth-order valence-corrected chi connectivity index (χ4v) is 3.81. The molecule has 0 aliphatic carbocycles. The van der Waals surface area contributed by atoms with Gasteiger partial charge in [0.2, 0.25) is 0 Å². The van der Waals surface area contributed by atoms with Crippen LogP contribution in [0.3, 0.4) is 0 Å². The number of likely N-dealkylation sites (tertiary alicyclic amines) is 1. The fourth-order valence-electron chi connectivity index (χ4n) is 3.81. The lowest BCUT2D eigenvalue weighted by atomic mass is 9.91. The summed E-state index contributed by atoms with van der Waals surface area (Å²) in [5, 5.41) is 11.7. The largest absolute Gasteiger partial charge is 0.497 e. The zero-order valence-corrected chi connectivity index (χ0v) is 13.7. The highest BCUT2D eigenvalue weighted by Crippen LogP contribution is 2.29. The van der Waals surface area contributed by atoms with E-state index in [0.29, 0.717) is 18.4 Å². The van der Waals surface area contributed by atoms with Crippen LogP contribution >= 0.6 is 0 Å². The van der Waals surface area contributed by atoms with E-state index in [1.54, 1.807) is 7.11 Å². The lowest BCUT2D eigenvalue weighted by Crippen LogP contribution is -2.40. The van der Waals surface area contributed by atoms with E-state index in [9.17, 15) is 5.11 Å². The Kier molecular flexibility index (Phi) is 4.41. The normalized spacial score (nSPS) is 24.5. The number of aromatic amines is 1. The Morgan fingerprint density at radius 3 is 2.73 bits per heavy atom. The molecule has 3 unspecified atom stereocenters. The summed E-state index contributed by atoms with van der Waals surface area (Å²) < 4.78 is 5.30. The first-order chi connectivity index (χ1) is 10.6. The van der Waals surface area contributed by atoms with Crippen molar-refractivity contribution in [3.63, 3.8) is 0 Å². The number of aliphatic hydroxyl groups excluding tert-OH is 1. The quantitative estimate of drug-likeness (QED) is 0.912. The van der Waals surface area contributed by atoms with Crippen LogP contribution in [0.1, 0.15) is 31.9 Å². The molecule has 2 N–H and O–H groups in total. The molecule has 4 heteroatoms. The number of nitrogens with zero attached hydrogens (tertiary/aromatic N) is 1. The molecule has 120 valence electrons. The second kappa shape index (κ2) is 6.31. The molecule has 0 bridgehead atoms. The van der Waals surface area contributed by atoms with Crippen molar-refractivity contribution in [2.24, 2.45) is 11.8 Å². The second-order valence-electron chi connectivity index (χ2n) is 6.84. The van der Waals surface area contributed by atoms with Gasteiger partial charge in [0.25, 0.3) is 0 Å². The zero-order valence-electron chi connectivity index (χ0n) is 13.7. The van der Waals surface area contributed by atoms with E-state index in [2.05, 4.69) is 23.7 Å². The molecule has 0 radical (unpaired) electrons. The van der Waals surface area contributed by atoms with E-state index < -0.39 is 6.10 Å². The van der Waals surface area contributed by atoms with E-state index >= 15 is 0 Å². The average molecular weight is 302 g/mol. The molecule has 22 heavy (non-hydrogen) atoms. The van der Waals surface area contributed by atoms with E-state index in [-0.39, 0.29) is 0 Å². The number of rotatable bonds is 4. The van der Waals surface area contributed by atoms with Gasteiger partial charge in [0.05, 0.1) is 13.2 Å². The van der Waals surface area contributed by atoms with E-state index in [1.807, 2.05) is 24.4 Å². The molecule has 3 rings (SSSR count). The number of aliphatic hydroxyl groups is 1. The predicted octanol–water partition coefficient (Wildman–Crippen LogP) is 3.19. The molecule has 1 aromatic heterocycles. The van der Waals surface area contributed by atoms with E-state index in [4.69, 9.17) is 4.74 Å². The zero-order chi connectivity index (χ0) is 15.7. The number of H-pyrrole nitrogens is 1. The number of hydrogen-bond acceptors (Lipinski definition) is 3. The average Bonchev–Trinajstić information content (AvgIpc) is 2.88. The first-order valence-corrected chi connectivity index (χ1v) is 8.12. The summed E-state index contributed by atoms with van der Waals surface area (Å²) in [6, 6.07) is 5.92. The maximum absolute atomic E-state index is 10.7. The summed E-state index contributed by atoms with van der Waals surface area (Å²) >= 11 is 0. The van der Waals surface area contributed by atoms with Crippen molar-refractivity contribution in [1.82, 2.24) is 9.88 Å². The number of benzene rings is 1. The van der Waals surface area contributed by atoms with E-state index in [0.717, 1.165) is 35.3 Å². The van der Waals surface area contributed by atoms with Gasteiger partial charge in [-0.2, -0.15) is 0 Å². The first-order valence-electron chi connectivity index (χ1n) is 8.12. The van der Waals surface area contributed by atoms with Gasteiger partial charge in [0.15, 0.2) is 0 Å². The fraction of sp³-hybridized carbons (Fsp3) is 0.556. The first kappa shape index (κ1) is 15.4. The van der Waals surface area contributed by atoms with Gasteiger partial charge >= 0.3 is 0 Å². The number of hydrogen-bond donors (Lipinski definition) is 2. The SMILES string of the molecule is COc1ccc2[nH]cc(C(O)CN3CC(C)CC(C)C3)c2c1. The Hall–Kier alpha value is -1.52. The van der Waals surface area contributed by atoms with Crippen LogP contribution < -0.4 is 4.74 Å². The predicted molar refractivity (Wildman–Crippen MR) is 89.2 cm³/mol. The van der Waals surface area contributed by atoms with Crippen LogP contribution in [0.4, 0.5) is 0 Å². The molecule has 0 saturated carbocycles. The third-order valence-corrected chi connectivity index (χ3v) is 4.66. The molecule has 4 nitrogen and oxygen atoms in total. The van der Waals surface area contributed by atoms with Crippen LogP contribution in [-0.4, -0.2) is 41.7 Å². The number of nitrogens with one attached hydrogen (secondary N) is 1. The molecule has 1 aliphatic heterocycles. The maximum atomic E-state index is 10.7. The standard InChI is InChI=1S/C18H26N2O2/c1-12-6-13(2)10-20(9-12)11-18(21)16-8-19-17-5-4-14(22-3)7-15(16)17/h4-5,7-8,12-13,18-19,21H,6,9-11H2,1-3H3. The van der Waals surface area contributed by atoms with Crippen molar-refractivity contribution < 1.29 is 9.84 Å². The van der Waals surface area contributed by atoms with Crippen molar-refractivity contribution >= 4 is 10.9 Å². The van der Waals surface area contributed by atoms with Gasteiger partial charge in [0, 0.05) is 42.3 Å². The van der Waals surface area contributed by atoms with Crippen LogP contribution in [0, 0.1) is 11.8 Å². The topological polar surface area (TPSA) is 48.5 Å². The highest BCUT2D eigenvalue weighted by atomic mass is 16.5. The van der Waals surface area contributed by atoms with Gasteiger partial charge in [-0.1, -0.05) is 13.8 Å². The van der Waals surface area contributed by atoms with E-state index in [1.165, 1.54) is 6.42 Å². The van der Waals surface area contributed by atoms with Gasteiger partial charge in [-0.05, 0) is 36.5 Å². The van der Waals surface area contributed by atoms with Gasteiger partial charge in [0.1, 0.15) is 5.75 Å². The summed E-state index contributed by atoms with van der Waals surface area (Å²) in [6.45, 7) is 7.44. The van der Waals surface area contributed by atoms with Gasteiger partial charge in [-0.25, -0.2) is 0 Å². The van der Waals surface area contributed by atoms with Crippen LogP contribution in [0.5, 0.6) is 5.75 Å². The molecule has 1 fully saturated rings. The number of ether oxygens (including phenoxy) is 1. The Labute approximate surface area is 132 Å². The summed E-state index contributed by atoms with van der Waals surface area (Å²) in [5.41, 5.74) is 2.00. The third kappa shape index (κ3) is 3.13. The Morgan fingerprint density at radius 2 is 2.05 bits per heavy atom. The molecule has 1 aliphatic rings. The van der Waals surface area contributed by atoms with Crippen molar-refractivity contribution in [2.75, 3.05) is 26.7 Å². The Bertz CT molecular complexity index is 627. The van der Waals surface area contributed by atoms with Crippen LogP contribution in [0.25, 0.3) is 10.9 Å². The molecule has 0 spiro atoms. The van der Waals surface area contributed by atoms with Gasteiger partial charge in [-0.3, -0.25) is 4.90 Å². The number of methoxy groups -OCH3 is 1. The van der Waals surface area contributed by atoms with Crippen LogP contribution in [0.15, 0.2) is 24.4 Å². The van der Waals surface area contributed by atoms with Crippen molar-refractivity contribution in [2.45, 2.75) is 26.4 Å². The number of fused-ring (bicyclic) bond motifs is 1. The lowest BCUT2D eigenvalue weighted by molar-refractivity contribution is 0.0706. The molecular weight excluding hydrogens is 276 g/mol. The highest BCUT2D eigenvalue weighted by Gasteiger charge is 2.24. The minimum absolute atomic E-state index is 0.474. The third-order valence-electron chi connectivity index (χ3n) is 4.66. The monoisotopic (exact) mass is 302 g/mol. The smallest absolute Gasteiger partial charge is 0.119 e. The molecule has 2 aromatic rings. The van der Waals surface area contributed by atoms with Crippen LogP contribution in [0.2, 0.25) is 0 Å². The lowest BCUT2D eigenvalue weighted by Gasteiger charge is -2.36. The van der Waals surface area contributed by atoms with Gasteiger partial charge < -0.3 is 14.8 Å².